The number of nitrogens with two attached hydrogens (primary N) is 1. The molecule has 5 heteroatoms. The number of rotatable bonds is 4. The number of hydrogen-bond acceptors (Lipinski definition) is 3. The Morgan fingerprint density at radius 1 is 1.28 bits per heavy atom. The number of aryl methyl sites for hydroxylation is 1. The minimum absolute atomic E-state index is 0.490. The molecule has 2 nitrogen and oxygen atoms in total. The molecule has 2 aromatic rings. The minimum Gasteiger partial charge on any atom is -0.487 e. The highest BCUT2D eigenvalue weighted by Gasteiger charge is 2.07. The van der Waals surface area contributed by atoms with Crippen LogP contribution in [0.4, 0.5) is 0 Å². The standard InChI is InChI=1S/C13H13Cl2NOS/c1-8-9(4-11(6-16)18-8)7-17-13-3-2-10(14)5-12(13)15/h2-5H,6-7,16H2,1H3. The Kier molecular flexibility index (Phi) is 4.51. The van der Waals surface area contributed by atoms with Crippen LogP contribution < -0.4 is 10.5 Å². The van der Waals surface area contributed by atoms with Gasteiger partial charge in [-0.1, -0.05) is 23.2 Å². The molecular formula is C13H13Cl2NOS. The maximum Gasteiger partial charge on any atom is 0.138 e. The van der Waals surface area contributed by atoms with E-state index in [4.69, 9.17) is 33.7 Å². The van der Waals surface area contributed by atoms with Gasteiger partial charge >= 0.3 is 0 Å². The molecule has 0 saturated carbocycles. The van der Waals surface area contributed by atoms with Crippen molar-refractivity contribution in [3.63, 3.8) is 0 Å². The first kappa shape index (κ1) is 13.7. The second-order valence-corrected chi connectivity index (χ2v) is 6.05. The summed E-state index contributed by atoms with van der Waals surface area (Å²) in [5, 5.41) is 1.12. The van der Waals surface area contributed by atoms with Gasteiger partial charge in [-0.15, -0.1) is 11.3 Å². The summed E-state index contributed by atoms with van der Waals surface area (Å²) in [4.78, 5) is 2.38. The molecule has 0 bridgehead atoms. The third kappa shape index (κ3) is 3.18. The van der Waals surface area contributed by atoms with Crippen molar-refractivity contribution in [3.8, 4) is 5.75 Å². The number of ether oxygens (including phenoxy) is 1. The van der Waals surface area contributed by atoms with Crippen molar-refractivity contribution in [3.05, 3.63) is 49.6 Å². The highest BCUT2D eigenvalue weighted by atomic mass is 35.5. The SMILES string of the molecule is Cc1sc(CN)cc1COc1ccc(Cl)cc1Cl. The summed E-state index contributed by atoms with van der Waals surface area (Å²) in [6, 6.07) is 7.28. The summed E-state index contributed by atoms with van der Waals surface area (Å²) < 4.78 is 5.69. The first-order chi connectivity index (χ1) is 8.60. The monoisotopic (exact) mass is 301 g/mol. The van der Waals surface area contributed by atoms with E-state index in [1.807, 2.05) is 0 Å². The average molecular weight is 302 g/mol. The zero-order chi connectivity index (χ0) is 13.1. The predicted octanol–water partition coefficient (Wildman–Crippen LogP) is 4.40. The van der Waals surface area contributed by atoms with Gasteiger partial charge in [-0.2, -0.15) is 0 Å². The van der Waals surface area contributed by atoms with Crippen LogP contribution in [-0.2, 0) is 13.2 Å². The molecule has 0 amide bonds. The molecule has 0 aliphatic carbocycles. The normalized spacial score (nSPS) is 10.7. The molecule has 1 aromatic carbocycles. The zero-order valence-electron chi connectivity index (χ0n) is 9.87. The van der Waals surface area contributed by atoms with Gasteiger partial charge in [-0.05, 0) is 31.2 Å². The van der Waals surface area contributed by atoms with Gasteiger partial charge in [0, 0.05) is 26.9 Å². The molecule has 0 unspecified atom stereocenters. The molecule has 18 heavy (non-hydrogen) atoms. The van der Waals surface area contributed by atoms with Crippen LogP contribution in [0.1, 0.15) is 15.3 Å². The van der Waals surface area contributed by atoms with Gasteiger partial charge in [0.1, 0.15) is 12.4 Å². The lowest BCUT2D eigenvalue weighted by molar-refractivity contribution is 0.306. The Balaban J connectivity index is 2.08. The minimum atomic E-state index is 0.490. The molecular weight excluding hydrogens is 289 g/mol. The lowest BCUT2D eigenvalue weighted by Crippen LogP contribution is -1.96. The van der Waals surface area contributed by atoms with Gasteiger partial charge in [0.15, 0.2) is 0 Å². The van der Waals surface area contributed by atoms with Crippen LogP contribution in [0.25, 0.3) is 0 Å². The van der Waals surface area contributed by atoms with E-state index >= 15 is 0 Å². The first-order valence-electron chi connectivity index (χ1n) is 5.46. The Bertz CT molecular complexity index is 554. The fraction of sp³-hybridized carbons (Fsp3) is 0.231. The topological polar surface area (TPSA) is 35.2 Å². The predicted molar refractivity (Wildman–Crippen MR) is 77.7 cm³/mol. The van der Waals surface area contributed by atoms with Crippen molar-refractivity contribution in [2.24, 2.45) is 5.73 Å². The summed E-state index contributed by atoms with van der Waals surface area (Å²) in [6.07, 6.45) is 0. The first-order valence-corrected chi connectivity index (χ1v) is 7.03. The van der Waals surface area contributed by atoms with Crippen LogP contribution in [0.5, 0.6) is 5.75 Å². The molecule has 1 heterocycles. The highest BCUT2D eigenvalue weighted by Crippen LogP contribution is 2.29. The van der Waals surface area contributed by atoms with Crippen LogP contribution in [0.3, 0.4) is 0 Å². The second-order valence-electron chi connectivity index (χ2n) is 3.86. The van der Waals surface area contributed by atoms with Crippen LogP contribution in [0, 0.1) is 6.92 Å². The fourth-order valence-corrected chi connectivity index (χ4v) is 2.97. The number of thiophene rings is 1. The Morgan fingerprint density at radius 3 is 2.67 bits per heavy atom. The Labute approximate surface area is 120 Å². The number of benzene rings is 1. The molecule has 0 spiro atoms. The van der Waals surface area contributed by atoms with E-state index in [0.29, 0.717) is 28.9 Å². The third-order valence-electron chi connectivity index (χ3n) is 2.55. The number of hydrogen-bond donors (Lipinski definition) is 1. The van der Waals surface area contributed by atoms with Gasteiger partial charge < -0.3 is 10.5 Å². The molecule has 0 saturated heterocycles. The van der Waals surface area contributed by atoms with Gasteiger partial charge in [0.25, 0.3) is 0 Å². The van der Waals surface area contributed by atoms with E-state index in [9.17, 15) is 0 Å². The summed E-state index contributed by atoms with van der Waals surface area (Å²) >= 11 is 13.6. The summed E-state index contributed by atoms with van der Waals surface area (Å²) in [7, 11) is 0. The van der Waals surface area contributed by atoms with Crippen molar-refractivity contribution in [1.82, 2.24) is 0 Å². The van der Waals surface area contributed by atoms with Crippen molar-refractivity contribution < 1.29 is 4.74 Å². The van der Waals surface area contributed by atoms with Crippen LogP contribution in [0.2, 0.25) is 10.0 Å². The maximum atomic E-state index is 6.04. The third-order valence-corrected chi connectivity index (χ3v) is 4.20. The summed E-state index contributed by atoms with van der Waals surface area (Å²) in [5.74, 6) is 0.640. The summed E-state index contributed by atoms with van der Waals surface area (Å²) in [6.45, 7) is 3.11. The quantitative estimate of drug-likeness (QED) is 0.908. The lowest BCUT2D eigenvalue weighted by Gasteiger charge is -2.07. The molecule has 0 radical (unpaired) electrons. The molecule has 0 fully saturated rings. The van der Waals surface area contributed by atoms with E-state index < -0.39 is 0 Å². The van der Waals surface area contributed by atoms with E-state index in [-0.39, 0.29) is 0 Å². The Hall–Kier alpha value is -0.740. The average Bonchev–Trinajstić information content (AvgIpc) is 2.69. The van der Waals surface area contributed by atoms with Gasteiger partial charge in [-0.3, -0.25) is 0 Å². The molecule has 0 atom stereocenters. The van der Waals surface area contributed by atoms with Crippen LogP contribution in [-0.4, -0.2) is 0 Å². The largest absolute Gasteiger partial charge is 0.487 e. The molecule has 96 valence electrons. The van der Waals surface area contributed by atoms with E-state index in [0.717, 1.165) is 10.4 Å². The molecule has 1 aromatic heterocycles. The van der Waals surface area contributed by atoms with Crippen LogP contribution in [0.15, 0.2) is 24.3 Å². The van der Waals surface area contributed by atoms with Crippen molar-refractivity contribution in [1.29, 1.82) is 0 Å². The highest BCUT2D eigenvalue weighted by molar-refractivity contribution is 7.12. The molecule has 2 N–H and O–H groups in total. The van der Waals surface area contributed by atoms with E-state index in [1.165, 1.54) is 4.88 Å². The van der Waals surface area contributed by atoms with Gasteiger partial charge in [-0.25, -0.2) is 0 Å². The molecule has 0 aliphatic rings. The van der Waals surface area contributed by atoms with Crippen molar-refractivity contribution in [2.75, 3.05) is 0 Å². The van der Waals surface area contributed by atoms with Crippen molar-refractivity contribution >= 4 is 34.5 Å². The van der Waals surface area contributed by atoms with Gasteiger partial charge in [0.05, 0.1) is 5.02 Å². The maximum absolute atomic E-state index is 6.04. The summed E-state index contributed by atoms with van der Waals surface area (Å²) in [5.41, 5.74) is 6.76. The van der Waals surface area contributed by atoms with Crippen molar-refractivity contribution in [2.45, 2.75) is 20.1 Å². The van der Waals surface area contributed by atoms with Gasteiger partial charge in [0.2, 0.25) is 0 Å². The van der Waals surface area contributed by atoms with E-state index in [1.54, 1.807) is 29.5 Å². The van der Waals surface area contributed by atoms with Crippen LogP contribution >= 0.6 is 34.5 Å². The van der Waals surface area contributed by atoms with E-state index in [2.05, 4.69) is 13.0 Å². The Morgan fingerprint density at radius 2 is 2.06 bits per heavy atom. The smallest absolute Gasteiger partial charge is 0.138 e. The molecule has 0 aliphatic heterocycles. The second kappa shape index (κ2) is 5.93. The zero-order valence-corrected chi connectivity index (χ0v) is 12.2. The lowest BCUT2D eigenvalue weighted by atomic mass is 10.2. The number of halogens is 2. The molecule has 2 rings (SSSR count). The fourth-order valence-electron chi connectivity index (χ4n) is 1.58.